The number of aliphatic hydroxyl groups is 1. The van der Waals surface area contributed by atoms with Gasteiger partial charge < -0.3 is 5.11 Å². The van der Waals surface area contributed by atoms with Gasteiger partial charge >= 0.3 is 0 Å². The van der Waals surface area contributed by atoms with Crippen LogP contribution in [-0.2, 0) is 10.0 Å². The monoisotopic (exact) mass is 293 g/mol. The lowest BCUT2D eigenvalue weighted by molar-refractivity contribution is 0.182. The molecule has 20 heavy (non-hydrogen) atoms. The number of β-amino-alcohol motifs (C(OH)–C–C–N with tert-alkyl or cyclic N) is 1. The zero-order valence-electron chi connectivity index (χ0n) is 11.7. The number of aliphatic hydroxyl groups excluding tert-OH is 1. The van der Waals surface area contributed by atoms with Crippen LogP contribution < -0.4 is 0 Å². The number of benzene rings is 1. The predicted molar refractivity (Wildman–Crippen MR) is 78.8 cm³/mol. The minimum atomic E-state index is -3.56. The lowest BCUT2D eigenvalue weighted by Gasteiger charge is -2.28. The Bertz CT molecular complexity index is 630. The normalized spacial score (nSPS) is 21.1. The fourth-order valence-electron chi connectivity index (χ4n) is 2.19. The van der Waals surface area contributed by atoms with Gasteiger partial charge in [-0.15, -0.1) is 0 Å². The van der Waals surface area contributed by atoms with Crippen LogP contribution in [0.1, 0.15) is 12.5 Å². The Balaban J connectivity index is 2.31. The largest absolute Gasteiger partial charge is 0.388 e. The van der Waals surface area contributed by atoms with Crippen LogP contribution in [0.2, 0.25) is 0 Å². The Morgan fingerprint density at radius 3 is 2.55 bits per heavy atom. The molecule has 1 aromatic rings. The van der Waals surface area contributed by atoms with Crippen molar-refractivity contribution in [2.75, 3.05) is 13.1 Å². The molecule has 108 valence electrons. The Morgan fingerprint density at radius 2 is 1.95 bits per heavy atom. The first-order valence-corrected chi connectivity index (χ1v) is 7.96. The lowest BCUT2D eigenvalue weighted by atomic mass is 10.1. The van der Waals surface area contributed by atoms with E-state index in [0.29, 0.717) is 0 Å². The Morgan fingerprint density at radius 1 is 1.30 bits per heavy atom. The van der Waals surface area contributed by atoms with Crippen LogP contribution in [-0.4, -0.2) is 37.0 Å². The van der Waals surface area contributed by atoms with E-state index in [-0.39, 0.29) is 18.0 Å². The van der Waals surface area contributed by atoms with E-state index in [1.54, 1.807) is 30.3 Å². The minimum absolute atomic E-state index is 0.0945. The van der Waals surface area contributed by atoms with Crippen LogP contribution in [0.25, 0.3) is 0 Å². The van der Waals surface area contributed by atoms with Crippen molar-refractivity contribution in [3.63, 3.8) is 0 Å². The van der Waals surface area contributed by atoms with Gasteiger partial charge in [0.1, 0.15) is 0 Å². The second kappa shape index (κ2) is 5.91. The highest BCUT2D eigenvalue weighted by molar-refractivity contribution is 7.89. The average Bonchev–Trinajstić information content (AvgIpc) is 2.39. The first-order chi connectivity index (χ1) is 9.43. The van der Waals surface area contributed by atoms with Gasteiger partial charge in [0.05, 0.1) is 11.0 Å². The van der Waals surface area contributed by atoms with Crippen molar-refractivity contribution in [2.24, 2.45) is 0 Å². The molecule has 1 aliphatic rings. The molecule has 0 bridgehead atoms. The molecule has 1 atom stereocenters. The molecule has 1 N–H and O–H groups in total. The highest BCUT2D eigenvalue weighted by Crippen LogP contribution is 2.21. The molecule has 0 aromatic heterocycles. The third kappa shape index (κ3) is 3.17. The maximum absolute atomic E-state index is 12.6. The van der Waals surface area contributed by atoms with E-state index >= 15 is 0 Å². The molecule has 0 radical (unpaired) electrons. The standard InChI is InChI=1S/C15H19NO3S/c1-3-4-13-9-14(17)11-16(10-13)20(18,19)15-7-5-12(2)6-8-15/h3-9,14,17H,10-11H2,1-2H3/b4-3-. The Kier molecular flexibility index (Phi) is 4.42. The van der Waals surface area contributed by atoms with E-state index in [1.165, 1.54) is 4.31 Å². The molecule has 2 rings (SSSR count). The molecule has 0 saturated carbocycles. The molecule has 0 aliphatic carbocycles. The van der Waals surface area contributed by atoms with Crippen LogP contribution in [0.3, 0.4) is 0 Å². The molecule has 1 heterocycles. The molecule has 5 heteroatoms. The fourth-order valence-corrected chi connectivity index (χ4v) is 3.64. The molecule has 1 aromatic carbocycles. The summed E-state index contributed by atoms with van der Waals surface area (Å²) in [5.41, 5.74) is 1.82. The summed E-state index contributed by atoms with van der Waals surface area (Å²) >= 11 is 0. The molecular formula is C15H19NO3S. The topological polar surface area (TPSA) is 57.6 Å². The third-order valence-corrected chi connectivity index (χ3v) is 5.02. The number of nitrogens with zero attached hydrogens (tertiary/aromatic N) is 1. The number of aryl methyl sites for hydroxylation is 1. The highest BCUT2D eigenvalue weighted by Gasteiger charge is 2.29. The minimum Gasteiger partial charge on any atom is -0.388 e. The fraction of sp³-hybridized carbons (Fsp3) is 0.333. The number of hydrogen-bond acceptors (Lipinski definition) is 3. The summed E-state index contributed by atoms with van der Waals surface area (Å²) in [5, 5.41) is 9.81. The van der Waals surface area contributed by atoms with Crippen molar-refractivity contribution in [2.45, 2.75) is 24.8 Å². The predicted octanol–water partition coefficient (Wildman–Crippen LogP) is 1.86. The van der Waals surface area contributed by atoms with E-state index in [4.69, 9.17) is 0 Å². The quantitative estimate of drug-likeness (QED) is 0.925. The van der Waals surface area contributed by atoms with Gasteiger partial charge in [0.15, 0.2) is 0 Å². The van der Waals surface area contributed by atoms with E-state index in [1.807, 2.05) is 26.0 Å². The van der Waals surface area contributed by atoms with Crippen LogP contribution in [0.4, 0.5) is 0 Å². The van der Waals surface area contributed by atoms with E-state index in [2.05, 4.69) is 0 Å². The third-order valence-electron chi connectivity index (χ3n) is 3.20. The van der Waals surface area contributed by atoms with E-state index < -0.39 is 16.1 Å². The number of allylic oxidation sites excluding steroid dienone is 1. The van der Waals surface area contributed by atoms with Gasteiger partial charge in [-0.25, -0.2) is 8.42 Å². The second-order valence-electron chi connectivity index (χ2n) is 4.92. The van der Waals surface area contributed by atoms with Crippen molar-refractivity contribution in [3.8, 4) is 0 Å². The SMILES string of the molecule is C/C=C\C1=CC(O)CN(S(=O)(=O)c2ccc(C)cc2)C1. The van der Waals surface area contributed by atoms with Gasteiger partial charge in [-0.3, -0.25) is 0 Å². The smallest absolute Gasteiger partial charge is 0.243 e. The van der Waals surface area contributed by atoms with E-state index in [0.717, 1.165) is 11.1 Å². The summed E-state index contributed by atoms with van der Waals surface area (Å²) in [6.45, 7) is 4.16. The van der Waals surface area contributed by atoms with Gasteiger partial charge in [-0.2, -0.15) is 4.31 Å². The molecule has 1 aliphatic heterocycles. The van der Waals surface area contributed by atoms with Crippen LogP contribution in [0, 0.1) is 6.92 Å². The molecule has 1 unspecified atom stereocenters. The molecule has 0 amide bonds. The molecular weight excluding hydrogens is 274 g/mol. The van der Waals surface area contributed by atoms with Gasteiger partial charge in [0, 0.05) is 13.1 Å². The summed E-state index contributed by atoms with van der Waals surface area (Å²) in [5.74, 6) is 0. The first-order valence-electron chi connectivity index (χ1n) is 6.52. The maximum atomic E-state index is 12.6. The average molecular weight is 293 g/mol. The summed E-state index contributed by atoms with van der Waals surface area (Å²) in [7, 11) is -3.56. The van der Waals surface area contributed by atoms with Crippen molar-refractivity contribution in [1.82, 2.24) is 4.31 Å². The summed E-state index contributed by atoms with van der Waals surface area (Å²) < 4.78 is 26.4. The second-order valence-corrected chi connectivity index (χ2v) is 6.86. The maximum Gasteiger partial charge on any atom is 0.243 e. The van der Waals surface area contributed by atoms with Gasteiger partial charge in [-0.05, 0) is 31.6 Å². The van der Waals surface area contributed by atoms with Crippen molar-refractivity contribution < 1.29 is 13.5 Å². The van der Waals surface area contributed by atoms with Crippen LogP contribution >= 0.6 is 0 Å². The number of sulfonamides is 1. The first kappa shape index (κ1) is 15.0. The molecule has 0 spiro atoms. The van der Waals surface area contributed by atoms with Crippen molar-refractivity contribution in [3.05, 3.63) is 53.6 Å². The van der Waals surface area contributed by atoms with Crippen LogP contribution in [0.15, 0.2) is 53.0 Å². The molecule has 0 fully saturated rings. The van der Waals surface area contributed by atoms with Crippen molar-refractivity contribution >= 4 is 10.0 Å². The highest BCUT2D eigenvalue weighted by atomic mass is 32.2. The van der Waals surface area contributed by atoms with Crippen molar-refractivity contribution in [1.29, 1.82) is 0 Å². The van der Waals surface area contributed by atoms with Gasteiger partial charge in [0.25, 0.3) is 0 Å². The lowest BCUT2D eigenvalue weighted by Crippen LogP contribution is -2.41. The number of rotatable bonds is 3. The van der Waals surface area contributed by atoms with Gasteiger partial charge in [-0.1, -0.05) is 35.9 Å². The molecule has 4 nitrogen and oxygen atoms in total. The van der Waals surface area contributed by atoms with E-state index in [9.17, 15) is 13.5 Å². The van der Waals surface area contributed by atoms with Crippen LogP contribution in [0.5, 0.6) is 0 Å². The summed E-state index contributed by atoms with van der Waals surface area (Å²) in [4.78, 5) is 0.261. The summed E-state index contributed by atoms with van der Waals surface area (Å²) in [6.07, 6.45) is 4.58. The Labute approximate surface area is 120 Å². The molecule has 0 saturated heterocycles. The Hall–Kier alpha value is -1.43. The summed E-state index contributed by atoms with van der Waals surface area (Å²) in [6, 6.07) is 6.75. The van der Waals surface area contributed by atoms with Gasteiger partial charge in [0.2, 0.25) is 10.0 Å². The zero-order chi connectivity index (χ0) is 14.8. The number of hydrogen-bond donors (Lipinski definition) is 1. The zero-order valence-corrected chi connectivity index (χ0v) is 12.5.